The van der Waals surface area contributed by atoms with Crippen molar-refractivity contribution in [2.45, 2.75) is 37.8 Å². The molecule has 0 aromatic carbocycles. The summed E-state index contributed by atoms with van der Waals surface area (Å²) in [5.74, 6) is 0.807. The maximum Gasteiger partial charge on any atom is 0.230 e. The smallest absolute Gasteiger partial charge is 0.230 e. The standard InChI is InChI=1S/C10H16BrNO2/c11-5-10(13)12-8-3-1-7-2-4-9(8)14-6-7/h7-9H,1-6H2,(H,12,13). The second kappa shape index (κ2) is 4.62. The Morgan fingerprint density at radius 2 is 2.14 bits per heavy atom. The molecule has 3 unspecified atom stereocenters. The summed E-state index contributed by atoms with van der Waals surface area (Å²) in [7, 11) is 0. The van der Waals surface area contributed by atoms with Crippen LogP contribution in [0.25, 0.3) is 0 Å². The van der Waals surface area contributed by atoms with E-state index < -0.39 is 0 Å². The third-order valence-corrected chi connectivity index (χ3v) is 3.72. The molecule has 2 heterocycles. The second-order valence-corrected chi connectivity index (χ2v) is 4.76. The van der Waals surface area contributed by atoms with E-state index in [2.05, 4.69) is 21.2 Å². The van der Waals surface area contributed by atoms with E-state index in [9.17, 15) is 4.79 Å². The Labute approximate surface area is 92.7 Å². The quantitative estimate of drug-likeness (QED) is 0.765. The summed E-state index contributed by atoms with van der Waals surface area (Å²) >= 11 is 3.16. The first-order valence-electron chi connectivity index (χ1n) is 5.26. The zero-order valence-electron chi connectivity index (χ0n) is 8.17. The molecule has 2 aliphatic heterocycles. The van der Waals surface area contributed by atoms with Crippen molar-refractivity contribution in [1.29, 1.82) is 0 Å². The fourth-order valence-electron chi connectivity index (χ4n) is 2.38. The van der Waals surface area contributed by atoms with Gasteiger partial charge < -0.3 is 10.1 Å². The molecule has 4 heteroatoms. The van der Waals surface area contributed by atoms with Crippen LogP contribution in [0, 0.1) is 5.92 Å². The lowest BCUT2D eigenvalue weighted by atomic mass is 10.00. The number of ether oxygens (including phenoxy) is 1. The average molecular weight is 262 g/mol. The molecule has 3 fully saturated rings. The molecule has 1 aliphatic carbocycles. The first-order valence-corrected chi connectivity index (χ1v) is 6.38. The molecule has 0 spiro atoms. The minimum absolute atomic E-state index is 0.0731. The largest absolute Gasteiger partial charge is 0.376 e. The number of halogens is 1. The molecule has 80 valence electrons. The number of rotatable bonds is 2. The van der Waals surface area contributed by atoms with Gasteiger partial charge in [-0.2, -0.15) is 0 Å². The van der Waals surface area contributed by atoms with E-state index in [1.54, 1.807) is 0 Å². The third kappa shape index (κ3) is 2.28. The fourth-order valence-corrected chi connectivity index (χ4v) is 2.54. The normalized spacial score (nSPS) is 36.5. The summed E-state index contributed by atoms with van der Waals surface area (Å²) in [4.78, 5) is 11.3. The molecule has 3 aliphatic rings. The highest BCUT2D eigenvalue weighted by molar-refractivity contribution is 9.09. The van der Waals surface area contributed by atoms with Crippen molar-refractivity contribution in [2.24, 2.45) is 5.92 Å². The molecule has 3 nitrogen and oxygen atoms in total. The molecule has 0 aromatic rings. The molecule has 14 heavy (non-hydrogen) atoms. The second-order valence-electron chi connectivity index (χ2n) is 4.20. The monoisotopic (exact) mass is 261 g/mol. The molecule has 0 radical (unpaired) electrons. The van der Waals surface area contributed by atoms with E-state index in [4.69, 9.17) is 4.74 Å². The summed E-state index contributed by atoms with van der Waals surface area (Å²) in [5, 5.41) is 3.41. The van der Waals surface area contributed by atoms with Crippen LogP contribution in [0.15, 0.2) is 0 Å². The lowest BCUT2D eigenvalue weighted by molar-refractivity contribution is -0.120. The Balaban J connectivity index is 1.94. The van der Waals surface area contributed by atoms with Crippen LogP contribution < -0.4 is 5.32 Å². The van der Waals surface area contributed by atoms with Gasteiger partial charge in [-0.05, 0) is 31.6 Å². The zero-order chi connectivity index (χ0) is 9.97. The predicted octanol–water partition coefficient (Wildman–Crippen LogP) is 1.46. The lowest BCUT2D eigenvalue weighted by Crippen LogP contribution is -2.44. The van der Waals surface area contributed by atoms with E-state index >= 15 is 0 Å². The molecule has 2 saturated heterocycles. The van der Waals surface area contributed by atoms with Crippen LogP contribution in [0.2, 0.25) is 0 Å². The molecule has 3 rings (SSSR count). The van der Waals surface area contributed by atoms with Crippen LogP contribution in [-0.2, 0) is 9.53 Å². The highest BCUT2D eigenvalue weighted by Crippen LogP contribution is 2.31. The molecule has 1 amide bonds. The van der Waals surface area contributed by atoms with Gasteiger partial charge in [0.15, 0.2) is 0 Å². The van der Waals surface area contributed by atoms with Gasteiger partial charge in [0, 0.05) is 6.61 Å². The van der Waals surface area contributed by atoms with Crippen molar-refractivity contribution in [3.8, 4) is 0 Å². The minimum atomic E-state index is 0.0731. The van der Waals surface area contributed by atoms with Crippen LogP contribution >= 0.6 is 15.9 Å². The van der Waals surface area contributed by atoms with Crippen LogP contribution in [0.5, 0.6) is 0 Å². The topological polar surface area (TPSA) is 38.3 Å². The first-order chi connectivity index (χ1) is 6.79. The SMILES string of the molecule is O=C(CBr)NC1CCC2CCC1OC2. The first kappa shape index (κ1) is 10.4. The number of alkyl halides is 1. The zero-order valence-corrected chi connectivity index (χ0v) is 9.76. The molecule has 2 bridgehead atoms. The molecule has 1 saturated carbocycles. The molecule has 1 N–H and O–H groups in total. The maximum absolute atomic E-state index is 11.3. The Bertz CT molecular complexity index is 214. The number of carbonyl (C=O) groups is 1. The Kier molecular flexibility index (Phi) is 3.44. The summed E-state index contributed by atoms with van der Waals surface area (Å²) in [6.45, 7) is 0.894. The van der Waals surface area contributed by atoms with Crippen molar-refractivity contribution in [2.75, 3.05) is 11.9 Å². The highest BCUT2D eigenvalue weighted by atomic mass is 79.9. The van der Waals surface area contributed by atoms with Crippen molar-refractivity contribution >= 4 is 21.8 Å². The molecular formula is C10H16BrNO2. The summed E-state index contributed by atoms with van der Waals surface area (Å²) < 4.78 is 5.73. The van der Waals surface area contributed by atoms with Gasteiger partial charge >= 0.3 is 0 Å². The van der Waals surface area contributed by atoms with Crippen LogP contribution in [0.1, 0.15) is 25.7 Å². The van der Waals surface area contributed by atoms with Crippen LogP contribution in [0.3, 0.4) is 0 Å². The summed E-state index contributed by atoms with van der Waals surface area (Å²) in [6.07, 6.45) is 4.91. The number of hydrogen-bond donors (Lipinski definition) is 1. The van der Waals surface area contributed by atoms with Crippen molar-refractivity contribution in [1.82, 2.24) is 5.32 Å². The van der Waals surface area contributed by atoms with E-state index in [1.165, 1.54) is 12.8 Å². The van der Waals surface area contributed by atoms with Gasteiger partial charge in [-0.3, -0.25) is 4.79 Å². The lowest BCUT2D eigenvalue weighted by Gasteiger charge is -2.28. The van der Waals surface area contributed by atoms with Gasteiger partial charge in [0.1, 0.15) is 0 Å². The molecular weight excluding hydrogens is 246 g/mol. The van der Waals surface area contributed by atoms with E-state index in [0.29, 0.717) is 5.33 Å². The Morgan fingerprint density at radius 3 is 2.79 bits per heavy atom. The van der Waals surface area contributed by atoms with Gasteiger partial charge in [-0.1, -0.05) is 15.9 Å². The van der Waals surface area contributed by atoms with Crippen LogP contribution in [-0.4, -0.2) is 30.0 Å². The van der Waals surface area contributed by atoms with Crippen molar-refractivity contribution in [3.63, 3.8) is 0 Å². The average Bonchev–Trinajstić information content (AvgIpc) is 2.52. The Morgan fingerprint density at radius 1 is 1.36 bits per heavy atom. The number of nitrogens with one attached hydrogen (secondary N) is 1. The van der Waals surface area contributed by atoms with Gasteiger partial charge in [0.25, 0.3) is 0 Å². The molecule has 0 aromatic heterocycles. The van der Waals surface area contributed by atoms with Gasteiger partial charge in [-0.15, -0.1) is 0 Å². The van der Waals surface area contributed by atoms with Gasteiger partial charge in [-0.25, -0.2) is 0 Å². The van der Waals surface area contributed by atoms with Gasteiger partial charge in [0.2, 0.25) is 5.91 Å². The summed E-state index contributed by atoms with van der Waals surface area (Å²) in [6, 6.07) is 0.243. The fraction of sp³-hybridized carbons (Fsp3) is 0.900. The third-order valence-electron chi connectivity index (χ3n) is 3.21. The van der Waals surface area contributed by atoms with E-state index in [-0.39, 0.29) is 18.1 Å². The predicted molar refractivity (Wildman–Crippen MR) is 57.4 cm³/mol. The molecule has 3 atom stereocenters. The van der Waals surface area contributed by atoms with Crippen molar-refractivity contribution in [3.05, 3.63) is 0 Å². The number of fused-ring (bicyclic) bond motifs is 4. The van der Waals surface area contributed by atoms with E-state index in [0.717, 1.165) is 25.4 Å². The number of hydrogen-bond acceptors (Lipinski definition) is 2. The van der Waals surface area contributed by atoms with Gasteiger partial charge in [0.05, 0.1) is 17.5 Å². The number of amides is 1. The minimum Gasteiger partial charge on any atom is -0.376 e. The Hall–Kier alpha value is -0.0900. The highest BCUT2D eigenvalue weighted by Gasteiger charge is 2.33. The number of carbonyl (C=O) groups excluding carboxylic acids is 1. The van der Waals surface area contributed by atoms with Crippen LogP contribution in [0.4, 0.5) is 0 Å². The summed E-state index contributed by atoms with van der Waals surface area (Å²) in [5.41, 5.74) is 0. The van der Waals surface area contributed by atoms with Crippen molar-refractivity contribution < 1.29 is 9.53 Å². The van der Waals surface area contributed by atoms with E-state index in [1.807, 2.05) is 0 Å². The maximum atomic E-state index is 11.3.